The van der Waals surface area contributed by atoms with Crippen molar-refractivity contribution in [2.24, 2.45) is 7.05 Å². The fourth-order valence-electron chi connectivity index (χ4n) is 1.66. The highest BCUT2D eigenvalue weighted by atomic mass is 19.1. The van der Waals surface area contributed by atoms with Gasteiger partial charge in [-0.15, -0.1) is 0 Å². The Morgan fingerprint density at radius 1 is 1.21 bits per heavy atom. The molecule has 0 aliphatic carbocycles. The number of nitrogens with one attached hydrogen (secondary N) is 1. The second-order valence-electron chi connectivity index (χ2n) is 4.22. The highest BCUT2D eigenvalue weighted by Crippen LogP contribution is 2.07. The fourth-order valence-corrected chi connectivity index (χ4v) is 1.66. The zero-order valence-corrected chi connectivity index (χ0v) is 10.4. The van der Waals surface area contributed by atoms with Gasteiger partial charge in [0.25, 0.3) is 0 Å². The van der Waals surface area contributed by atoms with Gasteiger partial charge in [0, 0.05) is 19.3 Å². The predicted octanol–water partition coefficient (Wildman–Crippen LogP) is 1.71. The number of benzene rings is 1. The van der Waals surface area contributed by atoms with E-state index in [0.29, 0.717) is 5.69 Å². The average molecular weight is 260 g/mol. The Morgan fingerprint density at radius 2 is 1.89 bits per heavy atom. The zero-order chi connectivity index (χ0) is 13.8. The third-order valence-electron chi connectivity index (χ3n) is 2.65. The molecule has 0 saturated carbocycles. The van der Waals surface area contributed by atoms with Crippen LogP contribution in [0, 0.1) is 5.82 Å². The molecule has 1 N–H and O–H groups in total. The Bertz CT molecular complexity index is 647. The summed E-state index contributed by atoms with van der Waals surface area (Å²) in [5, 5.41) is 2.68. The molecular weight excluding hydrogens is 247 g/mol. The van der Waals surface area contributed by atoms with Gasteiger partial charge in [-0.05, 0) is 23.8 Å². The lowest BCUT2D eigenvalue weighted by molar-refractivity contribution is -0.115. The molecule has 0 aliphatic heterocycles. The topological polar surface area (TPSA) is 51.1 Å². The molecule has 2 rings (SSSR count). The first-order chi connectivity index (χ1) is 9.04. The number of halogens is 1. The molecule has 2 aromatic rings. The van der Waals surface area contributed by atoms with Gasteiger partial charge < -0.3 is 9.88 Å². The van der Waals surface area contributed by atoms with Gasteiger partial charge in [-0.1, -0.05) is 12.1 Å². The van der Waals surface area contributed by atoms with E-state index in [1.807, 2.05) is 0 Å². The average Bonchev–Trinajstić information content (AvgIpc) is 2.37. The molecular formula is C14H13FN2O2. The van der Waals surface area contributed by atoms with Gasteiger partial charge in [-0.25, -0.2) is 4.39 Å². The predicted molar refractivity (Wildman–Crippen MR) is 70.4 cm³/mol. The number of hydrogen-bond acceptors (Lipinski definition) is 2. The van der Waals surface area contributed by atoms with Crippen LogP contribution in [0.5, 0.6) is 0 Å². The lowest BCUT2D eigenvalue weighted by Gasteiger charge is -2.06. The van der Waals surface area contributed by atoms with Crippen LogP contribution in [0.25, 0.3) is 0 Å². The highest BCUT2D eigenvalue weighted by molar-refractivity contribution is 5.92. The molecule has 0 bridgehead atoms. The van der Waals surface area contributed by atoms with Gasteiger partial charge in [0.15, 0.2) is 0 Å². The number of nitrogens with zero attached hydrogens (tertiary/aromatic N) is 1. The van der Waals surface area contributed by atoms with Crippen molar-refractivity contribution in [3.05, 3.63) is 64.3 Å². The van der Waals surface area contributed by atoms with Crippen molar-refractivity contribution < 1.29 is 9.18 Å². The molecule has 98 valence electrons. The number of carbonyl (C=O) groups excluding carboxylic acids is 1. The number of aryl methyl sites for hydroxylation is 1. The Kier molecular flexibility index (Phi) is 3.75. The SMILES string of the molecule is Cn1cc(NC(=O)Cc2ccc(F)cc2)ccc1=O. The Morgan fingerprint density at radius 3 is 2.53 bits per heavy atom. The number of carbonyl (C=O) groups is 1. The van der Waals surface area contributed by atoms with Gasteiger partial charge in [-0.3, -0.25) is 9.59 Å². The smallest absolute Gasteiger partial charge is 0.250 e. The summed E-state index contributed by atoms with van der Waals surface area (Å²) in [5.74, 6) is -0.549. The summed E-state index contributed by atoms with van der Waals surface area (Å²) < 4.78 is 14.1. The van der Waals surface area contributed by atoms with E-state index in [9.17, 15) is 14.0 Å². The second kappa shape index (κ2) is 5.48. The zero-order valence-electron chi connectivity index (χ0n) is 10.4. The maximum atomic E-state index is 12.7. The quantitative estimate of drug-likeness (QED) is 0.913. The Labute approximate surface area is 109 Å². The minimum atomic E-state index is -0.331. The van der Waals surface area contributed by atoms with Crippen LogP contribution in [0.3, 0.4) is 0 Å². The van der Waals surface area contributed by atoms with E-state index in [4.69, 9.17) is 0 Å². The fraction of sp³-hybridized carbons (Fsp3) is 0.143. The van der Waals surface area contributed by atoms with Gasteiger partial charge in [-0.2, -0.15) is 0 Å². The van der Waals surface area contributed by atoms with Crippen molar-refractivity contribution in [1.82, 2.24) is 4.57 Å². The van der Waals surface area contributed by atoms with E-state index in [-0.39, 0.29) is 23.7 Å². The van der Waals surface area contributed by atoms with Gasteiger partial charge in [0.2, 0.25) is 11.5 Å². The number of hydrogen-bond donors (Lipinski definition) is 1. The molecule has 1 amide bonds. The maximum Gasteiger partial charge on any atom is 0.250 e. The third-order valence-corrected chi connectivity index (χ3v) is 2.65. The van der Waals surface area contributed by atoms with E-state index < -0.39 is 0 Å². The molecule has 0 saturated heterocycles. The Hall–Kier alpha value is -2.43. The first kappa shape index (κ1) is 13.0. The van der Waals surface area contributed by atoms with E-state index >= 15 is 0 Å². The number of rotatable bonds is 3. The summed E-state index contributed by atoms with van der Waals surface area (Å²) in [6, 6.07) is 8.69. The molecule has 0 radical (unpaired) electrons. The first-order valence-corrected chi connectivity index (χ1v) is 5.75. The van der Waals surface area contributed by atoms with Crippen molar-refractivity contribution in [2.45, 2.75) is 6.42 Å². The number of amides is 1. The molecule has 0 spiro atoms. The largest absolute Gasteiger partial charge is 0.324 e. The molecule has 5 heteroatoms. The van der Waals surface area contributed by atoms with E-state index in [2.05, 4.69) is 5.32 Å². The van der Waals surface area contributed by atoms with Gasteiger partial charge in [0.1, 0.15) is 5.82 Å². The summed E-state index contributed by atoms with van der Waals surface area (Å²) in [7, 11) is 1.61. The van der Waals surface area contributed by atoms with Gasteiger partial charge >= 0.3 is 0 Å². The van der Waals surface area contributed by atoms with Crippen molar-refractivity contribution in [1.29, 1.82) is 0 Å². The minimum absolute atomic E-state index is 0.142. The van der Waals surface area contributed by atoms with Crippen LogP contribution >= 0.6 is 0 Å². The van der Waals surface area contributed by atoms with E-state index in [1.54, 1.807) is 31.4 Å². The van der Waals surface area contributed by atoms with Gasteiger partial charge in [0.05, 0.1) is 12.1 Å². The van der Waals surface area contributed by atoms with Crippen LogP contribution in [-0.4, -0.2) is 10.5 Å². The van der Waals surface area contributed by atoms with Crippen LogP contribution in [0.4, 0.5) is 10.1 Å². The molecule has 0 aliphatic rings. The summed E-state index contributed by atoms with van der Waals surface area (Å²) in [6.45, 7) is 0. The van der Waals surface area contributed by atoms with Crippen LogP contribution in [0.1, 0.15) is 5.56 Å². The summed E-state index contributed by atoms with van der Waals surface area (Å²) in [6.07, 6.45) is 1.70. The van der Waals surface area contributed by atoms with Crippen molar-refractivity contribution in [3.8, 4) is 0 Å². The maximum absolute atomic E-state index is 12.7. The third kappa shape index (κ3) is 3.51. The summed E-state index contributed by atoms with van der Waals surface area (Å²) >= 11 is 0. The highest BCUT2D eigenvalue weighted by Gasteiger charge is 2.05. The first-order valence-electron chi connectivity index (χ1n) is 5.75. The van der Waals surface area contributed by atoms with Crippen molar-refractivity contribution in [2.75, 3.05) is 5.32 Å². The lowest BCUT2D eigenvalue weighted by Crippen LogP contribution is -2.19. The molecule has 1 aromatic heterocycles. The summed E-state index contributed by atoms with van der Waals surface area (Å²) in [5.41, 5.74) is 1.13. The molecule has 0 atom stereocenters. The standard InChI is InChI=1S/C14H13FN2O2/c1-17-9-12(6-7-14(17)19)16-13(18)8-10-2-4-11(15)5-3-10/h2-7,9H,8H2,1H3,(H,16,18). The second-order valence-corrected chi connectivity index (χ2v) is 4.22. The lowest BCUT2D eigenvalue weighted by atomic mass is 10.1. The normalized spacial score (nSPS) is 10.2. The van der Waals surface area contributed by atoms with Crippen molar-refractivity contribution >= 4 is 11.6 Å². The van der Waals surface area contributed by atoms with Crippen LogP contribution in [0.2, 0.25) is 0 Å². The van der Waals surface area contributed by atoms with Crippen molar-refractivity contribution in [3.63, 3.8) is 0 Å². The van der Waals surface area contributed by atoms with Crippen LogP contribution in [-0.2, 0) is 18.3 Å². The molecule has 19 heavy (non-hydrogen) atoms. The molecule has 1 heterocycles. The number of anilines is 1. The minimum Gasteiger partial charge on any atom is -0.324 e. The number of pyridine rings is 1. The summed E-state index contributed by atoms with van der Waals surface area (Å²) in [4.78, 5) is 23.0. The van der Waals surface area contributed by atoms with E-state index in [1.165, 1.54) is 22.8 Å². The van der Waals surface area contributed by atoms with E-state index in [0.717, 1.165) is 5.56 Å². The molecule has 4 nitrogen and oxygen atoms in total. The molecule has 0 fully saturated rings. The van der Waals surface area contributed by atoms with Crippen LogP contribution < -0.4 is 10.9 Å². The molecule has 0 unspecified atom stereocenters. The van der Waals surface area contributed by atoms with Crippen LogP contribution in [0.15, 0.2) is 47.4 Å². The number of aromatic nitrogens is 1. The monoisotopic (exact) mass is 260 g/mol. The Balaban J connectivity index is 2.03. The molecule has 1 aromatic carbocycles.